The first kappa shape index (κ1) is 10.3. The molecule has 16 heavy (non-hydrogen) atoms. The normalized spacial score (nSPS) is 25.8. The number of carbonyl (C=O) groups excluding carboxylic acids is 1. The van der Waals surface area contributed by atoms with Gasteiger partial charge in [0, 0.05) is 6.07 Å². The Hall–Kier alpha value is -0.840. The number of aromatic nitrogens is 2. The summed E-state index contributed by atoms with van der Waals surface area (Å²) >= 11 is 3.34. The monoisotopic (exact) mass is 283 g/mol. The summed E-state index contributed by atoms with van der Waals surface area (Å²) in [5, 5.41) is 7.56. The minimum Gasteiger partial charge on any atom is -0.343 e. The van der Waals surface area contributed by atoms with Gasteiger partial charge < -0.3 is 5.32 Å². The molecule has 1 fully saturated rings. The van der Waals surface area contributed by atoms with Crippen molar-refractivity contribution >= 4 is 21.8 Å². The fraction of sp³-hybridized carbons (Fsp3) is 0.636. The highest BCUT2D eigenvalue weighted by Gasteiger charge is 2.56. The molecule has 4 nitrogen and oxygen atoms in total. The van der Waals surface area contributed by atoms with Crippen LogP contribution in [0.1, 0.15) is 43.2 Å². The molecule has 1 amide bonds. The topological polar surface area (TPSA) is 46.9 Å². The Labute approximate surface area is 103 Å². The molecule has 1 aliphatic carbocycles. The second kappa shape index (κ2) is 3.09. The number of halogens is 1. The summed E-state index contributed by atoms with van der Waals surface area (Å²) in [7, 11) is 0. The van der Waals surface area contributed by atoms with Gasteiger partial charge in [0.2, 0.25) is 0 Å². The highest BCUT2D eigenvalue weighted by atomic mass is 79.9. The maximum absolute atomic E-state index is 11.9. The largest absolute Gasteiger partial charge is 0.343 e. The number of nitrogens with zero attached hydrogens (tertiary/aromatic N) is 2. The van der Waals surface area contributed by atoms with E-state index in [4.69, 9.17) is 0 Å². The quantitative estimate of drug-likeness (QED) is 0.858. The molecule has 3 rings (SSSR count). The zero-order valence-electron chi connectivity index (χ0n) is 9.33. The van der Waals surface area contributed by atoms with Crippen LogP contribution < -0.4 is 5.32 Å². The number of carbonyl (C=O) groups is 1. The lowest BCUT2D eigenvalue weighted by atomic mass is 9.92. The number of amides is 1. The summed E-state index contributed by atoms with van der Waals surface area (Å²) in [4.78, 5) is 11.9. The first-order valence-electron chi connectivity index (χ1n) is 5.61. The van der Waals surface area contributed by atoms with E-state index in [2.05, 4.69) is 40.2 Å². The van der Waals surface area contributed by atoms with Crippen LogP contribution >= 0.6 is 15.9 Å². The molecule has 0 bridgehead atoms. The van der Waals surface area contributed by atoms with Gasteiger partial charge in [-0.1, -0.05) is 13.8 Å². The van der Waals surface area contributed by atoms with Crippen LogP contribution in [0.4, 0.5) is 0 Å². The summed E-state index contributed by atoms with van der Waals surface area (Å²) in [6.45, 7) is 4.36. The summed E-state index contributed by atoms with van der Waals surface area (Å²) in [5.41, 5.74) is 0.645. The van der Waals surface area contributed by atoms with Crippen molar-refractivity contribution in [3.63, 3.8) is 0 Å². The van der Waals surface area contributed by atoms with E-state index in [1.54, 1.807) is 6.07 Å². The van der Waals surface area contributed by atoms with Gasteiger partial charge in [0.15, 0.2) is 0 Å². The molecule has 1 aromatic heterocycles. The smallest absolute Gasteiger partial charge is 0.270 e. The van der Waals surface area contributed by atoms with Gasteiger partial charge in [-0.15, -0.1) is 0 Å². The Morgan fingerprint density at radius 3 is 2.88 bits per heavy atom. The average molecular weight is 284 g/mol. The molecule has 86 valence electrons. The summed E-state index contributed by atoms with van der Waals surface area (Å²) in [5.74, 6) is 0.473. The van der Waals surface area contributed by atoms with Crippen molar-refractivity contribution in [2.24, 2.45) is 5.92 Å². The van der Waals surface area contributed by atoms with Crippen LogP contribution in [0.5, 0.6) is 0 Å². The van der Waals surface area contributed by atoms with Crippen molar-refractivity contribution in [1.29, 1.82) is 0 Å². The summed E-state index contributed by atoms with van der Waals surface area (Å²) in [6.07, 6.45) is 2.14. The third-order valence-corrected chi connectivity index (χ3v) is 3.94. The van der Waals surface area contributed by atoms with Crippen LogP contribution in [-0.2, 0) is 0 Å². The van der Waals surface area contributed by atoms with Crippen LogP contribution in [0.2, 0.25) is 0 Å². The molecular formula is C11H14BrN3O. The molecule has 1 N–H and O–H groups in total. The molecule has 1 spiro atoms. The fourth-order valence-electron chi connectivity index (χ4n) is 2.82. The number of hydrogen-bond donors (Lipinski definition) is 1. The Balaban J connectivity index is 2.15. The molecule has 0 saturated heterocycles. The number of hydrogen-bond acceptors (Lipinski definition) is 2. The van der Waals surface area contributed by atoms with Gasteiger partial charge in [-0.25, -0.2) is 0 Å². The van der Waals surface area contributed by atoms with Crippen molar-refractivity contribution in [3.05, 3.63) is 16.4 Å². The molecule has 1 aromatic rings. The van der Waals surface area contributed by atoms with Gasteiger partial charge in [0.1, 0.15) is 10.3 Å². The van der Waals surface area contributed by atoms with Crippen LogP contribution in [0.25, 0.3) is 0 Å². The van der Waals surface area contributed by atoms with E-state index in [9.17, 15) is 4.79 Å². The minimum absolute atomic E-state index is 0.00704. The van der Waals surface area contributed by atoms with Gasteiger partial charge >= 0.3 is 0 Å². The Kier molecular flexibility index (Phi) is 2.00. The second-order valence-electron chi connectivity index (χ2n) is 5.10. The first-order valence-corrected chi connectivity index (χ1v) is 6.40. The summed E-state index contributed by atoms with van der Waals surface area (Å²) in [6, 6.07) is 2.08. The molecule has 1 atom stereocenters. The van der Waals surface area contributed by atoms with E-state index in [1.807, 2.05) is 4.68 Å². The number of fused-ring (bicyclic) bond motifs is 1. The molecular weight excluding hydrogens is 270 g/mol. The number of rotatable bonds is 1. The predicted octanol–water partition coefficient (Wildman–Crippen LogP) is 2.12. The highest BCUT2D eigenvalue weighted by Crippen LogP contribution is 2.50. The lowest BCUT2D eigenvalue weighted by Crippen LogP contribution is -2.51. The Morgan fingerprint density at radius 1 is 1.62 bits per heavy atom. The zero-order valence-corrected chi connectivity index (χ0v) is 10.9. The second-order valence-corrected chi connectivity index (χ2v) is 5.91. The van der Waals surface area contributed by atoms with E-state index < -0.39 is 0 Å². The maximum Gasteiger partial charge on any atom is 0.270 e. The molecule has 5 heteroatoms. The SMILES string of the molecule is CC(C)C1n2nc(Br)cc2C(=O)NC12CC2. The van der Waals surface area contributed by atoms with E-state index in [1.165, 1.54) is 0 Å². The van der Waals surface area contributed by atoms with Gasteiger partial charge in [-0.3, -0.25) is 9.48 Å². The Bertz CT molecular complexity index is 462. The van der Waals surface area contributed by atoms with E-state index >= 15 is 0 Å². The van der Waals surface area contributed by atoms with E-state index in [0.29, 0.717) is 11.6 Å². The molecule has 1 aliphatic heterocycles. The first-order chi connectivity index (χ1) is 7.53. The highest BCUT2D eigenvalue weighted by molar-refractivity contribution is 9.10. The lowest BCUT2D eigenvalue weighted by molar-refractivity contribution is 0.0827. The minimum atomic E-state index is -0.0241. The van der Waals surface area contributed by atoms with Crippen molar-refractivity contribution in [2.75, 3.05) is 0 Å². The van der Waals surface area contributed by atoms with Crippen LogP contribution in [0.3, 0.4) is 0 Å². The van der Waals surface area contributed by atoms with Gasteiger partial charge in [0.05, 0.1) is 11.6 Å². The lowest BCUT2D eigenvalue weighted by Gasteiger charge is -2.36. The number of nitrogens with one attached hydrogen (secondary N) is 1. The van der Waals surface area contributed by atoms with Crippen LogP contribution in [-0.4, -0.2) is 21.2 Å². The van der Waals surface area contributed by atoms with Crippen LogP contribution in [0, 0.1) is 5.92 Å². The Morgan fingerprint density at radius 2 is 2.31 bits per heavy atom. The summed E-state index contributed by atoms with van der Waals surface area (Å²) < 4.78 is 2.64. The third-order valence-electron chi connectivity index (χ3n) is 3.55. The predicted molar refractivity (Wildman–Crippen MR) is 63.2 cm³/mol. The van der Waals surface area contributed by atoms with Crippen molar-refractivity contribution < 1.29 is 4.79 Å². The maximum atomic E-state index is 11.9. The van der Waals surface area contributed by atoms with E-state index in [0.717, 1.165) is 17.4 Å². The molecule has 0 aromatic carbocycles. The van der Waals surface area contributed by atoms with Crippen molar-refractivity contribution in [3.8, 4) is 0 Å². The molecule has 2 heterocycles. The van der Waals surface area contributed by atoms with Gasteiger partial charge in [0.25, 0.3) is 5.91 Å². The van der Waals surface area contributed by atoms with E-state index in [-0.39, 0.29) is 17.5 Å². The average Bonchev–Trinajstić information content (AvgIpc) is 2.79. The third kappa shape index (κ3) is 1.27. The zero-order chi connectivity index (χ0) is 11.5. The molecule has 1 saturated carbocycles. The fourth-order valence-corrected chi connectivity index (χ4v) is 3.21. The standard InChI is InChI=1S/C11H14BrN3O/c1-6(2)9-11(3-4-11)13-10(16)7-5-8(12)14-15(7)9/h5-6,9H,3-4H2,1-2H3,(H,13,16). The van der Waals surface area contributed by atoms with Gasteiger partial charge in [-0.05, 0) is 34.7 Å². The van der Waals surface area contributed by atoms with Crippen molar-refractivity contribution in [1.82, 2.24) is 15.1 Å². The molecule has 2 aliphatic rings. The van der Waals surface area contributed by atoms with Gasteiger partial charge in [-0.2, -0.15) is 5.10 Å². The van der Waals surface area contributed by atoms with Crippen molar-refractivity contribution in [2.45, 2.75) is 38.3 Å². The molecule has 1 unspecified atom stereocenters. The van der Waals surface area contributed by atoms with Crippen LogP contribution in [0.15, 0.2) is 10.7 Å². The molecule has 0 radical (unpaired) electrons.